The van der Waals surface area contributed by atoms with Crippen molar-refractivity contribution in [2.24, 2.45) is 5.73 Å². The molecule has 3 rings (SSSR count). The van der Waals surface area contributed by atoms with Gasteiger partial charge in [-0.3, -0.25) is 4.79 Å². The predicted octanol–water partition coefficient (Wildman–Crippen LogP) is 4.03. The van der Waals surface area contributed by atoms with Crippen molar-refractivity contribution in [1.29, 1.82) is 0 Å². The third-order valence-electron chi connectivity index (χ3n) is 3.42. The van der Waals surface area contributed by atoms with Crippen LogP contribution in [-0.2, 0) is 0 Å². The van der Waals surface area contributed by atoms with Crippen molar-refractivity contribution in [3.8, 4) is 0 Å². The van der Waals surface area contributed by atoms with Crippen LogP contribution in [0, 0.1) is 0 Å². The SMILES string of the molecule is NC(=O)c1ccc(C(c2ccccc2)c2ccccc2)s1. The van der Waals surface area contributed by atoms with E-state index in [4.69, 9.17) is 5.73 Å². The Hall–Kier alpha value is -2.39. The lowest BCUT2D eigenvalue weighted by Gasteiger charge is -2.16. The highest BCUT2D eigenvalue weighted by atomic mass is 32.1. The molecule has 1 aromatic heterocycles. The summed E-state index contributed by atoms with van der Waals surface area (Å²) in [7, 11) is 0. The highest BCUT2D eigenvalue weighted by Crippen LogP contribution is 2.35. The van der Waals surface area contributed by atoms with Gasteiger partial charge in [0.15, 0.2) is 0 Å². The number of hydrogen-bond acceptors (Lipinski definition) is 2. The summed E-state index contributed by atoms with van der Waals surface area (Å²) in [6.45, 7) is 0. The van der Waals surface area contributed by atoms with Gasteiger partial charge in [0.2, 0.25) is 0 Å². The lowest BCUT2D eigenvalue weighted by molar-refractivity contribution is 0.100. The van der Waals surface area contributed by atoms with Crippen molar-refractivity contribution in [1.82, 2.24) is 0 Å². The summed E-state index contributed by atoms with van der Waals surface area (Å²) in [5.74, 6) is -0.239. The van der Waals surface area contributed by atoms with Gasteiger partial charge in [0.1, 0.15) is 0 Å². The minimum atomic E-state index is -0.369. The van der Waals surface area contributed by atoms with Crippen LogP contribution < -0.4 is 5.73 Å². The maximum absolute atomic E-state index is 11.3. The first-order valence-corrected chi connectivity index (χ1v) is 7.57. The molecule has 0 bridgehead atoms. The lowest BCUT2D eigenvalue weighted by Crippen LogP contribution is -2.08. The molecular weight excluding hydrogens is 278 g/mol. The van der Waals surface area contributed by atoms with Crippen LogP contribution >= 0.6 is 11.3 Å². The van der Waals surface area contributed by atoms with Gasteiger partial charge in [-0.25, -0.2) is 0 Å². The minimum absolute atomic E-state index is 0.130. The standard InChI is InChI=1S/C18H15NOS/c19-18(20)16-12-11-15(21-16)17(13-7-3-1-4-8-13)14-9-5-2-6-10-14/h1-12,17H,(H2,19,20). The second-order valence-corrected chi connectivity index (χ2v) is 5.94. The van der Waals surface area contributed by atoms with Crippen molar-refractivity contribution < 1.29 is 4.79 Å². The van der Waals surface area contributed by atoms with Crippen molar-refractivity contribution >= 4 is 17.2 Å². The molecule has 3 aromatic rings. The van der Waals surface area contributed by atoms with Gasteiger partial charge in [-0.2, -0.15) is 0 Å². The summed E-state index contributed by atoms with van der Waals surface area (Å²) in [5, 5.41) is 0. The molecule has 1 amide bonds. The third kappa shape index (κ3) is 2.88. The molecule has 0 aliphatic rings. The molecular formula is C18H15NOS. The van der Waals surface area contributed by atoms with Crippen molar-refractivity contribution in [2.75, 3.05) is 0 Å². The zero-order chi connectivity index (χ0) is 14.7. The van der Waals surface area contributed by atoms with E-state index < -0.39 is 0 Å². The Morgan fingerprint density at radius 3 is 1.76 bits per heavy atom. The molecule has 0 aliphatic heterocycles. The number of carbonyl (C=O) groups is 1. The zero-order valence-corrected chi connectivity index (χ0v) is 12.2. The number of benzene rings is 2. The Morgan fingerprint density at radius 1 is 0.810 bits per heavy atom. The molecule has 0 saturated carbocycles. The fourth-order valence-electron chi connectivity index (χ4n) is 2.45. The summed E-state index contributed by atoms with van der Waals surface area (Å²) in [4.78, 5) is 13.1. The number of amides is 1. The second kappa shape index (κ2) is 5.94. The quantitative estimate of drug-likeness (QED) is 0.775. The van der Waals surface area contributed by atoms with Crippen molar-refractivity contribution in [3.63, 3.8) is 0 Å². The Balaban J connectivity index is 2.10. The first kappa shape index (κ1) is 13.6. The topological polar surface area (TPSA) is 43.1 Å². The van der Waals surface area contributed by atoms with E-state index in [0.717, 1.165) is 4.88 Å². The van der Waals surface area contributed by atoms with E-state index in [1.807, 2.05) is 42.5 Å². The number of nitrogens with two attached hydrogens (primary N) is 1. The maximum atomic E-state index is 11.3. The van der Waals surface area contributed by atoms with Gasteiger partial charge in [0, 0.05) is 10.8 Å². The van der Waals surface area contributed by atoms with E-state index in [9.17, 15) is 4.79 Å². The Bertz CT molecular complexity index is 695. The third-order valence-corrected chi connectivity index (χ3v) is 4.58. The first-order chi connectivity index (χ1) is 10.3. The fourth-order valence-corrected chi connectivity index (χ4v) is 3.47. The second-order valence-electron chi connectivity index (χ2n) is 4.82. The van der Waals surface area contributed by atoms with Crippen LogP contribution in [0.5, 0.6) is 0 Å². The molecule has 3 heteroatoms. The number of thiophene rings is 1. The van der Waals surface area contributed by atoms with E-state index >= 15 is 0 Å². The van der Waals surface area contributed by atoms with Crippen LogP contribution in [-0.4, -0.2) is 5.91 Å². The van der Waals surface area contributed by atoms with Gasteiger partial charge in [-0.05, 0) is 23.3 Å². The summed E-state index contributed by atoms with van der Waals surface area (Å²) >= 11 is 1.46. The van der Waals surface area contributed by atoms with Crippen LogP contribution in [0.1, 0.15) is 31.6 Å². The molecule has 0 spiro atoms. The Morgan fingerprint density at radius 2 is 1.33 bits per heavy atom. The average Bonchev–Trinajstić information content (AvgIpc) is 3.00. The van der Waals surface area contributed by atoms with Gasteiger partial charge >= 0.3 is 0 Å². The molecule has 0 atom stereocenters. The fraction of sp³-hybridized carbons (Fsp3) is 0.0556. The van der Waals surface area contributed by atoms with Crippen molar-refractivity contribution in [2.45, 2.75) is 5.92 Å². The lowest BCUT2D eigenvalue weighted by atomic mass is 9.90. The normalized spacial score (nSPS) is 10.7. The van der Waals surface area contributed by atoms with Gasteiger partial charge in [-0.15, -0.1) is 11.3 Å². The molecule has 0 radical (unpaired) electrons. The molecule has 104 valence electrons. The van der Waals surface area contributed by atoms with Gasteiger partial charge < -0.3 is 5.73 Å². The van der Waals surface area contributed by atoms with E-state index in [1.165, 1.54) is 22.5 Å². The summed E-state index contributed by atoms with van der Waals surface area (Å²) in [6.07, 6.45) is 0. The van der Waals surface area contributed by atoms with Crippen LogP contribution in [0.3, 0.4) is 0 Å². The maximum Gasteiger partial charge on any atom is 0.258 e. The summed E-state index contributed by atoms with van der Waals surface area (Å²) in [6, 6.07) is 24.4. The zero-order valence-electron chi connectivity index (χ0n) is 11.4. The molecule has 0 aliphatic carbocycles. The van der Waals surface area contributed by atoms with Crippen LogP contribution in [0.25, 0.3) is 0 Å². The van der Waals surface area contributed by atoms with Gasteiger partial charge in [0.25, 0.3) is 5.91 Å². The van der Waals surface area contributed by atoms with E-state index in [0.29, 0.717) is 4.88 Å². The molecule has 1 heterocycles. The van der Waals surface area contributed by atoms with Gasteiger partial charge in [0.05, 0.1) is 4.88 Å². The molecule has 0 saturated heterocycles. The molecule has 0 unspecified atom stereocenters. The number of carbonyl (C=O) groups excluding carboxylic acids is 1. The van der Waals surface area contributed by atoms with E-state index in [-0.39, 0.29) is 11.8 Å². The number of rotatable bonds is 4. The van der Waals surface area contributed by atoms with Crippen LogP contribution in [0.15, 0.2) is 72.8 Å². The average molecular weight is 293 g/mol. The van der Waals surface area contributed by atoms with Crippen molar-refractivity contribution in [3.05, 3.63) is 93.7 Å². The highest BCUT2D eigenvalue weighted by Gasteiger charge is 2.19. The molecule has 0 fully saturated rings. The Kier molecular flexibility index (Phi) is 3.84. The van der Waals surface area contributed by atoms with E-state index in [2.05, 4.69) is 24.3 Å². The van der Waals surface area contributed by atoms with Crippen LogP contribution in [0.4, 0.5) is 0 Å². The summed E-state index contributed by atoms with van der Waals surface area (Å²) < 4.78 is 0. The molecule has 2 N–H and O–H groups in total. The first-order valence-electron chi connectivity index (χ1n) is 6.75. The van der Waals surface area contributed by atoms with Crippen LogP contribution in [0.2, 0.25) is 0 Å². The smallest absolute Gasteiger partial charge is 0.258 e. The monoisotopic (exact) mass is 293 g/mol. The van der Waals surface area contributed by atoms with Gasteiger partial charge in [-0.1, -0.05) is 60.7 Å². The largest absolute Gasteiger partial charge is 0.365 e. The molecule has 2 nitrogen and oxygen atoms in total. The molecule has 2 aromatic carbocycles. The summed E-state index contributed by atoms with van der Waals surface area (Å²) in [5.41, 5.74) is 7.80. The highest BCUT2D eigenvalue weighted by molar-refractivity contribution is 7.14. The Labute approximate surface area is 127 Å². The minimum Gasteiger partial charge on any atom is -0.365 e. The number of hydrogen-bond donors (Lipinski definition) is 1. The molecule has 21 heavy (non-hydrogen) atoms. The van der Waals surface area contributed by atoms with E-state index in [1.54, 1.807) is 6.07 Å². The number of primary amides is 1. The predicted molar refractivity (Wildman–Crippen MR) is 86.7 cm³/mol.